The Hall–Kier alpha value is -1.77. The number of hydrogen-bond acceptors (Lipinski definition) is 3. The molecule has 0 aliphatic heterocycles. The average Bonchev–Trinajstić information content (AvgIpc) is 2.63. The first kappa shape index (κ1) is 4.37. The maximum absolute atomic E-state index is 12.6. The Labute approximate surface area is 131 Å². The second kappa shape index (κ2) is 5.47. The molecule has 0 heterocycles. The summed E-state index contributed by atoms with van der Waals surface area (Å²) < 4.78 is 128. The van der Waals surface area contributed by atoms with E-state index in [4.69, 9.17) is 19.2 Å². The summed E-state index contributed by atoms with van der Waals surface area (Å²) in [5, 5.41) is 0. The van der Waals surface area contributed by atoms with E-state index in [9.17, 15) is 9.46 Å². The van der Waals surface area contributed by atoms with Crippen molar-refractivity contribution in [2.24, 2.45) is 0 Å². The molecule has 0 radical (unpaired) electrons. The molecule has 0 bridgehead atoms. The summed E-state index contributed by atoms with van der Waals surface area (Å²) in [7, 11) is -5.59. The van der Waals surface area contributed by atoms with Gasteiger partial charge in [0.25, 0.3) is 0 Å². The van der Waals surface area contributed by atoms with Gasteiger partial charge in [-0.15, -0.1) is 0 Å². The third-order valence-corrected chi connectivity index (χ3v) is 2.44. The van der Waals surface area contributed by atoms with Crippen LogP contribution in [0.4, 0.5) is 0 Å². The largest absolute Gasteiger partial charge is 0.584 e. The fraction of sp³-hybridized carbons (Fsp3) is 0.143. The topological polar surface area (TPSA) is 55.8 Å². The first-order valence-electron chi connectivity index (χ1n) is 11.7. The molecular formula is C14H15O4P. The summed E-state index contributed by atoms with van der Waals surface area (Å²) in [5.41, 5.74) is -2.09. The van der Waals surface area contributed by atoms with Crippen LogP contribution < -0.4 is 9.05 Å². The lowest BCUT2D eigenvalue weighted by Gasteiger charge is -2.14. The normalized spacial score (nSPS) is 23.0. The summed E-state index contributed by atoms with van der Waals surface area (Å²) in [6.07, 6.45) is 0. The van der Waals surface area contributed by atoms with Crippen LogP contribution in [0.15, 0.2) is 48.3 Å². The summed E-state index contributed by atoms with van der Waals surface area (Å²) in [4.78, 5) is 10.1. The molecule has 19 heavy (non-hydrogen) atoms. The van der Waals surface area contributed by atoms with Gasteiger partial charge in [0.1, 0.15) is 11.5 Å². The van der Waals surface area contributed by atoms with E-state index in [1.807, 2.05) is 0 Å². The van der Waals surface area contributed by atoms with Gasteiger partial charge in [-0.3, -0.25) is 4.89 Å². The highest BCUT2D eigenvalue weighted by molar-refractivity contribution is 7.48. The molecule has 1 N–H and O–H groups in total. The maximum atomic E-state index is 12.6. The van der Waals surface area contributed by atoms with Gasteiger partial charge in [-0.2, -0.15) is 0 Å². The number of phosphoric ester groups is 1. The number of hydrogen-bond donors (Lipinski definition) is 1. The lowest BCUT2D eigenvalue weighted by atomic mass is 10.2. The molecule has 0 spiro atoms. The summed E-state index contributed by atoms with van der Waals surface area (Å²) in [6.45, 7) is -6.26. The maximum Gasteiger partial charge on any atom is 0.584 e. The van der Waals surface area contributed by atoms with Crippen molar-refractivity contribution < 1.29 is 37.7 Å². The summed E-state index contributed by atoms with van der Waals surface area (Å²) >= 11 is 0. The summed E-state index contributed by atoms with van der Waals surface area (Å²) in [5.74, 6) is -2.43. The van der Waals surface area contributed by atoms with Crippen molar-refractivity contribution >= 4 is 7.82 Å². The molecule has 0 atom stereocenters. The Bertz CT molecular complexity index is 1090. The Morgan fingerprint density at radius 1 is 1.05 bits per heavy atom. The molecule has 0 aliphatic carbocycles. The van der Waals surface area contributed by atoms with Crippen LogP contribution in [0.1, 0.15) is 30.3 Å². The fourth-order valence-corrected chi connectivity index (χ4v) is 1.68. The molecule has 0 saturated carbocycles. The molecule has 0 fully saturated rings. The second-order valence-corrected chi connectivity index (χ2v) is 4.36. The first-order valence-corrected chi connectivity index (χ1v) is 6.15. The zero-order valence-electron chi connectivity index (χ0n) is 23.1. The van der Waals surface area contributed by atoms with E-state index >= 15 is 0 Å². The Morgan fingerprint density at radius 3 is 1.95 bits per heavy atom. The van der Waals surface area contributed by atoms with Crippen LogP contribution in [0.3, 0.4) is 0 Å². The molecular weight excluding hydrogens is 263 g/mol. The van der Waals surface area contributed by atoms with E-state index < -0.39 is 92.5 Å². The number of benzene rings is 2. The fourth-order valence-electron chi connectivity index (χ4n) is 0.994. The molecule has 100 valence electrons. The van der Waals surface area contributed by atoms with Crippen molar-refractivity contribution in [1.82, 2.24) is 0 Å². The van der Waals surface area contributed by atoms with Gasteiger partial charge in [-0.05, 0) is 49.0 Å². The van der Waals surface area contributed by atoms with E-state index in [2.05, 4.69) is 9.05 Å². The van der Waals surface area contributed by atoms with Gasteiger partial charge in [-0.1, -0.05) is 24.2 Å². The lowest BCUT2D eigenvalue weighted by Crippen LogP contribution is -2.00. The van der Waals surface area contributed by atoms with Crippen molar-refractivity contribution in [2.45, 2.75) is 13.7 Å². The molecule has 0 aromatic heterocycles. The Morgan fingerprint density at radius 2 is 1.53 bits per heavy atom. The van der Waals surface area contributed by atoms with Crippen molar-refractivity contribution in [3.05, 3.63) is 59.5 Å². The van der Waals surface area contributed by atoms with Crippen molar-refractivity contribution in [1.29, 1.82) is 0 Å². The molecule has 2 aromatic carbocycles. The quantitative estimate of drug-likeness (QED) is 0.869. The summed E-state index contributed by atoms with van der Waals surface area (Å²) in [6, 6.07) is -8.63. The lowest BCUT2D eigenvalue weighted by molar-refractivity contribution is 0.291. The van der Waals surface area contributed by atoms with Gasteiger partial charge < -0.3 is 9.05 Å². The van der Waals surface area contributed by atoms with Gasteiger partial charge in [0.2, 0.25) is 0 Å². The minimum absolute atomic E-state index is 1.000. The van der Waals surface area contributed by atoms with E-state index in [-0.39, 0.29) is 0 Å². The minimum Gasteiger partial charge on any atom is -0.395 e. The van der Waals surface area contributed by atoms with Crippen molar-refractivity contribution in [3.8, 4) is 11.5 Å². The number of rotatable bonds is 4. The highest BCUT2D eigenvalue weighted by Gasteiger charge is 2.25. The van der Waals surface area contributed by atoms with Crippen LogP contribution >= 0.6 is 7.82 Å². The third-order valence-electron chi connectivity index (χ3n) is 1.62. The number of phosphoric acid groups is 1. The smallest absolute Gasteiger partial charge is 0.395 e. The molecule has 4 nitrogen and oxygen atoms in total. The third kappa shape index (κ3) is 4.12. The highest BCUT2D eigenvalue weighted by atomic mass is 31.2. The van der Waals surface area contributed by atoms with Gasteiger partial charge >= 0.3 is 7.82 Å². The van der Waals surface area contributed by atoms with Gasteiger partial charge in [0.15, 0.2) is 0 Å². The molecule has 0 unspecified atom stereocenters. The monoisotopic (exact) mass is 292 g/mol. The van der Waals surface area contributed by atoms with Crippen LogP contribution in [-0.4, -0.2) is 4.89 Å². The predicted molar refractivity (Wildman–Crippen MR) is 73.4 cm³/mol. The van der Waals surface area contributed by atoms with Crippen molar-refractivity contribution in [2.75, 3.05) is 0 Å². The van der Waals surface area contributed by atoms with Crippen LogP contribution in [-0.2, 0) is 4.57 Å². The molecule has 2 aromatic rings. The molecule has 0 amide bonds. The average molecular weight is 292 g/mol. The standard InChI is InChI=1S/C14H15O4P/c1-11-5-3-7-13(9-11)17-19(15,16)18-14-8-4-6-12(2)10-14/h3-10H,1-2H3,(H,15,16)/i1D3,2D3,3D,4D,5D,6D,7D,8D,9D,10D. The van der Waals surface area contributed by atoms with Gasteiger partial charge in [-0.25, -0.2) is 4.57 Å². The molecule has 0 aliphatic rings. The zero-order valence-corrected chi connectivity index (χ0v) is 10.0. The van der Waals surface area contributed by atoms with E-state index in [1.54, 1.807) is 0 Å². The van der Waals surface area contributed by atoms with E-state index in [0.717, 1.165) is 0 Å². The van der Waals surface area contributed by atoms with E-state index in [0.29, 0.717) is 0 Å². The van der Waals surface area contributed by atoms with Crippen LogP contribution in [0.5, 0.6) is 11.5 Å². The van der Waals surface area contributed by atoms with Gasteiger partial charge in [0.05, 0.1) is 11.0 Å². The molecule has 0 saturated heterocycles. The first-order chi connectivity index (χ1) is 14.7. The predicted octanol–water partition coefficient (Wildman–Crippen LogP) is 3.86. The minimum atomic E-state index is -5.59. The second-order valence-electron chi connectivity index (χ2n) is 3.06. The highest BCUT2D eigenvalue weighted by Crippen LogP contribution is 2.44. The SMILES string of the molecule is [2H]c1c([2H])c(OP(=O)(O)Oc2c([2H])c([2H])c([2H])c(C([2H])([2H])[2H])c2[2H])c([2H])c(C([2H])([2H])[2H])c1[2H]. The van der Waals surface area contributed by atoms with Crippen molar-refractivity contribution in [3.63, 3.8) is 0 Å². The molecule has 5 heteroatoms. The Kier molecular flexibility index (Phi) is 1.26. The van der Waals surface area contributed by atoms with Crippen LogP contribution in [0.2, 0.25) is 0 Å². The van der Waals surface area contributed by atoms with Gasteiger partial charge in [0, 0.05) is 8.22 Å². The zero-order chi connectivity index (χ0) is 25.8. The molecule has 2 rings (SSSR count). The van der Waals surface area contributed by atoms with E-state index in [1.165, 1.54) is 0 Å². The van der Waals surface area contributed by atoms with Crippen LogP contribution in [0, 0.1) is 13.7 Å². The van der Waals surface area contributed by atoms with Crippen LogP contribution in [0.25, 0.3) is 0 Å². The Balaban J connectivity index is 2.66.